The summed E-state index contributed by atoms with van der Waals surface area (Å²) in [6.07, 6.45) is 1.10. The topological polar surface area (TPSA) is 12.4 Å². The second-order valence-corrected chi connectivity index (χ2v) is 8.97. The molecular weight excluding hydrogens is 345 g/mol. The van der Waals surface area contributed by atoms with Crippen molar-refractivity contribution in [2.75, 3.05) is 7.05 Å². The van der Waals surface area contributed by atoms with Crippen molar-refractivity contribution in [1.29, 1.82) is 0 Å². The van der Waals surface area contributed by atoms with Crippen LogP contribution in [0.25, 0.3) is 0 Å². The highest BCUT2D eigenvalue weighted by Crippen LogP contribution is 2.44. The highest BCUT2D eigenvalue weighted by molar-refractivity contribution is 7.49. The minimum Gasteiger partial charge on any atom is -0.287 e. The lowest BCUT2D eigenvalue weighted by Gasteiger charge is -2.31. The Labute approximate surface area is 165 Å². The van der Waals surface area contributed by atoms with Gasteiger partial charge in [0.2, 0.25) is 0 Å². The molecule has 0 aliphatic rings. The smallest absolute Gasteiger partial charge is 0.0721 e. The van der Waals surface area contributed by atoms with Gasteiger partial charge in [-0.2, -0.15) is 0 Å². The second kappa shape index (κ2) is 8.63. The number of aryl methyl sites for hydroxylation is 1. The standard InChI is InChI=1S/C25H28NP/c1-5-25(3,21-16-10-7-11-17-21)27-24-19(2)13-12-18-22(24)23(26-4)20-14-8-6-9-15-20/h6-18,27H,5H2,1-4H3/b26-23+. The highest BCUT2D eigenvalue weighted by atomic mass is 31.1. The molecule has 0 bridgehead atoms. The molecule has 0 saturated heterocycles. The van der Waals surface area contributed by atoms with E-state index in [0.717, 1.165) is 12.1 Å². The molecule has 0 aliphatic carbocycles. The number of hydrogen-bond donors (Lipinski definition) is 0. The van der Waals surface area contributed by atoms with Crippen LogP contribution in [0.4, 0.5) is 0 Å². The van der Waals surface area contributed by atoms with E-state index in [0.29, 0.717) is 8.58 Å². The summed E-state index contributed by atoms with van der Waals surface area (Å²) >= 11 is 0. The van der Waals surface area contributed by atoms with Crippen LogP contribution in [0.15, 0.2) is 83.9 Å². The lowest BCUT2D eigenvalue weighted by atomic mass is 9.97. The first-order chi connectivity index (χ1) is 13.1. The summed E-state index contributed by atoms with van der Waals surface area (Å²) in [7, 11) is 2.58. The summed E-state index contributed by atoms with van der Waals surface area (Å²) in [4.78, 5) is 4.68. The zero-order chi connectivity index (χ0) is 19.3. The molecule has 2 heteroatoms. The van der Waals surface area contributed by atoms with Crippen molar-refractivity contribution >= 4 is 19.6 Å². The molecule has 0 N–H and O–H groups in total. The van der Waals surface area contributed by atoms with Gasteiger partial charge in [0.25, 0.3) is 0 Å². The maximum absolute atomic E-state index is 4.68. The van der Waals surface area contributed by atoms with E-state index in [4.69, 9.17) is 0 Å². The molecule has 3 aromatic carbocycles. The summed E-state index contributed by atoms with van der Waals surface area (Å²) in [6.45, 7) is 6.91. The van der Waals surface area contributed by atoms with Crippen LogP contribution in [0.5, 0.6) is 0 Å². The van der Waals surface area contributed by atoms with Gasteiger partial charge in [-0.25, -0.2) is 0 Å². The van der Waals surface area contributed by atoms with Crippen molar-refractivity contribution in [3.8, 4) is 0 Å². The second-order valence-electron chi connectivity index (χ2n) is 7.11. The zero-order valence-electron chi connectivity index (χ0n) is 16.7. The maximum Gasteiger partial charge on any atom is 0.0721 e. The molecule has 0 spiro atoms. The Bertz CT molecular complexity index is 916. The van der Waals surface area contributed by atoms with E-state index in [9.17, 15) is 0 Å². The molecule has 27 heavy (non-hydrogen) atoms. The molecular formula is C25H28NP. The third-order valence-corrected chi connectivity index (χ3v) is 7.43. The summed E-state index contributed by atoms with van der Waals surface area (Å²) in [5.41, 5.74) is 6.27. The van der Waals surface area contributed by atoms with Crippen molar-refractivity contribution < 1.29 is 0 Å². The highest BCUT2D eigenvalue weighted by Gasteiger charge is 2.27. The van der Waals surface area contributed by atoms with E-state index in [1.54, 1.807) is 0 Å². The van der Waals surface area contributed by atoms with Gasteiger partial charge in [0.15, 0.2) is 0 Å². The third kappa shape index (κ3) is 4.20. The van der Waals surface area contributed by atoms with Crippen LogP contribution in [0.1, 0.15) is 42.5 Å². The quantitative estimate of drug-likeness (QED) is 0.366. The van der Waals surface area contributed by atoms with Crippen LogP contribution >= 0.6 is 8.58 Å². The Kier molecular flexibility index (Phi) is 6.24. The van der Waals surface area contributed by atoms with Gasteiger partial charge in [0, 0.05) is 23.3 Å². The molecule has 0 amide bonds. The van der Waals surface area contributed by atoms with Gasteiger partial charge in [-0.3, -0.25) is 4.99 Å². The predicted molar refractivity (Wildman–Crippen MR) is 121 cm³/mol. The van der Waals surface area contributed by atoms with Crippen LogP contribution < -0.4 is 5.30 Å². The Morgan fingerprint density at radius 2 is 1.52 bits per heavy atom. The fourth-order valence-corrected chi connectivity index (χ4v) is 5.14. The SMILES string of the molecule is CCC(C)(Pc1c(C)cccc1/C(=N/C)c1ccccc1)c1ccccc1. The number of hydrogen-bond acceptors (Lipinski definition) is 1. The lowest BCUT2D eigenvalue weighted by molar-refractivity contribution is 0.660. The predicted octanol–water partition coefficient (Wildman–Crippen LogP) is 6.09. The zero-order valence-corrected chi connectivity index (χ0v) is 17.7. The molecule has 0 fully saturated rings. The summed E-state index contributed by atoms with van der Waals surface area (Å²) in [5.74, 6) is 0. The minimum absolute atomic E-state index is 0.123. The van der Waals surface area contributed by atoms with Gasteiger partial charge in [-0.05, 0) is 29.8 Å². The van der Waals surface area contributed by atoms with E-state index < -0.39 is 0 Å². The van der Waals surface area contributed by atoms with Gasteiger partial charge >= 0.3 is 0 Å². The Balaban J connectivity index is 2.09. The van der Waals surface area contributed by atoms with Crippen LogP contribution in [0.3, 0.4) is 0 Å². The molecule has 2 unspecified atom stereocenters. The first-order valence-electron chi connectivity index (χ1n) is 9.55. The van der Waals surface area contributed by atoms with Crippen LogP contribution in [-0.2, 0) is 5.16 Å². The minimum atomic E-state index is 0.123. The molecule has 1 nitrogen and oxygen atoms in total. The Hall–Kier alpha value is -2.24. The fraction of sp³-hybridized carbons (Fsp3) is 0.240. The monoisotopic (exact) mass is 373 g/mol. The summed E-state index contributed by atoms with van der Waals surface area (Å²) < 4.78 is 0. The molecule has 2 atom stereocenters. The van der Waals surface area contributed by atoms with Crippen molar-refractivity contribution in [3.05, 3.63) is 101 Å². The molecule has 0 radical (unpaired) electrons. The van der Waals surface area contributed by atoms with Crippen molar-refractivity contribution in [3.63, 3.8) is 0 Å². The number of aliphatic imine (C=N–C) groups is 1. The van der Waals surface area contributed by atoms with Crippen molar-refractivity contribution in [2.45, 2.75) is 32.3 Å². The summed E-state index contributed by atoms with van der Waals surface area (Å²) in [5, 5.41) is 1.55. The first kappa shape index (κ1) is 19.5. The van der Waals surface area contributed by atoms with Crippen LogP contribution in [0.2, 0.25) is 0 Å². The van der Waals surface area contributed by atoms with Gasteiger partial charge < -0.3 is 0 Å². The molecule has 138 valence electrons. The lowest BCUT2D eigenvalue weighted by Crippen LogP contribution is -2.23. The average molecular weight is 373 g/mol. The van der Waals surface area contributed by atoms with E-state index in [2.05, 4.69) is 105 Å². The molecule has 3 aromatic rings. The van der Waals surface area contributed by atoms with E-state index in [-0.39, 0.29) is 5.16 Å². The third-order valence-electron chi connectivity index (χ3n) is 5.32. The fourth-order valence-electron chi connectivity index (χ4n) is 3.48. The number of rotatable bonds is 6. The van der Waals surface area contributed by atoms with Crippen LogP contribution in [0, 0.1) is 6.92 Å². The Morgan fingerprint density at radius 3 is 2.11 bits per heavy atom. The van der Waals surface area contributed by atoms with Gasteiger partial charge in [0.05, 0.1) is 5.71 Å². The van der Waals surface area contributed by atoms with Gasteiger partial charge in [0.1, 0.15) is 0 Å². The number of benzene rings is 3. The Morgan fingerprint density at radius 1 is 0.889 bits per heavy atom. The molecule has 3 rings (SSSR count). The van der Waals surface area contributed by atoms with Crippen LogP contribution in [-0.4, -0.2) is 12.8 Å². The van der Waals surface area contributed by atoms with Crippen molar-refractivity contribution in [1.82, 2.24) is 0 Å². The first-order valence-corrected chi connectivity index (χ1v) is 10.5. The van der Waals surface area contributed by atoms with E-state index >= 15 is 0 Å². The number of nitrogens with zero attached hydrogens (tertiary/aromatic N) is 1. The van der Waals surface area contributed by atoms with Crippen molar-refractivity contribution in [2.24, 2.45) is 4.99 Å². The molecule has 0 aromatic heterocycles. The molecule has 0 heterocycles. The maximum atomic E-state index is 4.68. The summed E-state index contributed by atoms with van der Waals surface area (Å²) in [6, 6.07) is 28.0. The molecule has 0 aliphatic heterocycles. The van der Waals surface area contributed by atoms with E-state index in [1.807, 2.05) is 7.05 Å². The van der Waals surface area contributed by atoms with Gasteiger partial charge in [-0.15, -0.1) is 0 Å². The largest absolute Gasteiger partial charge is 0.287 e. The molecule has 0 saturated carbocycles. The average Bonchev–Trinajstić information content (AvgIpc) is 2.72. The normalized spacial score (nSPS) is 14.4. The van der Waals surface area contributed by atoms with Gasteiger partial charge in [-0.1, -0.05) is 101 Å². The van der Waals surface area contributed by atoms with E-state index in [1.165, 1.54) is 27.6 Å².